The first-order valence-electron chi connectivity index (χ1n) is 7.74. The Kier molecular flexibility index (Phi) is 6.25. The van der Waals surface area contributed by atoms with Gasteiger partial charge in [0, 0.05) is 12.5 Å². The average molecular weight is 282 g/mol. The van der Waals surface area contributed by atoms with Gasteiger partial charge < -0.3 is 9.47 Å². The minimum atomic E-state index is -0.420. The Morgan fingerprint density at radius 1 is 1.30 bits per heavy atom. The molecule has 1 aliphatic carbocycles. The van der Waals surface area contributed by atoms with Gasteiger partial charge in [-0.05, 0) is 47.0 Å². The number of unbranched alkanes of at least 4 members (excludes halogenated alkanes) is 1. The van der Waals surface area contributed by atoms with Crippen molar-refractivity contribution in [3.8, 4) is 0 Å². The Morgan fingerprint density at radius 3 is 2.45 bits per heavy atom. The number of carbonyl (C=O) groups excluding carboxylic acids is 1. The van der Waals surface area contributed by atoms with Gasteiger partial charge in [-0.15, -0.1) is 0 Å². The van der Waals surface area contributed by atoms with Gasteiger partial charge in [0.25, 0.3) is 0 Å². The van der Waals surface area contributed by atoms with Crippen LogP contribution in [-0.2, 0) is 14.3 Å². The molecule has 0 bridgehead atoms. The van der Waals surface area contributed by atoms with Gasteiger partial charge in [0.1, 0.15) is 5.60 Å². The van der Waals surface area contributed by atoms with E-state index in [1.54, 1.807) is 0 Å². The van der Waals surface area contributed by atoms with E-state index in [1.165, 1.54) is 0 Å². The molecule has 20 heavy (non-hydrogen) atoms. The first-order chi connectivity index (χ1) is 9.24. The fraction of sp³-hybridized carbons (Fsp3) is 0.824. The SMILES string of the molecule is C=C(C)[C@@H]1C[C@H](C(=O)OC(C)(C)C)C[C@@H]1OCCCC. The largest absolute Gasteiger partial charge is 0.460 e. The lowest BCUT2D eigenvalue weighted by atomic mass is 9.97. The third-order valence-corrected chi connectivity index (χ3v) is 3.71. The van der Waals surface area contributed by atoms with Crippen molar-refractivity contribution in [2.45, 2.75) is 72.0 Å². The average Bonchev–Trinajstić information content (AvgIpc) is 2.71. The van der Waals surface area contributed by atoms with Crippen LogP contribution in [0.2, 0.25) is 0 Å². The van der Waals surface area contributed by atoms with Crippen LogP contribution in [0.5, 0.6) is 0 Å². The van der Waals surface area contributed by atoms with E-state index in [4.69, 9.17) is 9.47 Å². The quantitative estimate of drug-likeness (QED) is 0.418. The number of rotatable bonds is 6. The topological polar surface area (TPSA) is 35.5 Å². The van der Waals surface area contributed by atoms with Crippen molar-refractivity contribution in [1.82, 2.24) is 0 Å². The lowest BCUT2D eigenvalue weighted by Crippen LogP contribution is -2.28. The first-order valence-corrected chi connectivity index (χ1v) is 7.74. The minimum Gasteiger partial charge on any atom is -0.460 e. The van der Waals surface area contributed by atoms with Crippen molar-refractivity contribution in [3.05, 3.63) is 12.2 Å². The normalized spacial score (nSPS) is 26.6. The molecule has 3 heteroatoms. The van der Waals surface area contributed by atoms with Crippen LogP contribution in [0, 0.1) is 11.8 Å². The van der Waals surface area contributed by atoms with E-state index in [0.717, 1.165) is 37.9 Å². The van der Waals surface area contributed by atoms with Gasteiger partial charge in [-0.25, -0.2) is 0 Å². The van der Waals surface area contributed by atoms with Gasteiger partial charge >= 0.3 is 5.97 Å². The van der Waals surface area contributed by atoms with E-state index in [9.17, 15) is 4.79 Å². The predicted octanol–water partition coefficient (Wildman–Crippen LogP) is 4.12. The first kappa shape index (κ1) is 17.2. The zero-order valence-corrected chi connectivity index (χ0v) is 13.7. The lowest BCUT2D eigenvalue weighted by molar-refractivity contribution is -0.160. The van der Waals surface area contributed by atoms with Crippen molar-refractivity contribution in [1.29, 1.82) is 0 Å². The lowest BCUT2D eigenvalue weighted by Gasteiger charge is -2.22. The fourth-order valence-corrected chi connectivity index (χ4v) is 2.66. The Bertz CT molecular complexity index is 341. The highest BCUT2D eigenvalue weighted by molar-refractivity contribution is 5.73. The highest BCUT2D eigenvalue weighted by Crippen LogP contribution is 2.38. The second-order valence-electron chi connectivity index (χ2n) is 6.92. The van der Waals surface area contributed by atoms with Crippen LogP contribution in [0.4, 0.5) is 0 Å². The van der Waals surface area contributed by atoms with E-state index in [1.807, 2.05) is 27.7 Å². The molecule has 3 atom stereocenters. The summed E-state index contributed by atoms with van der Waals surface area (Å²) >= 11 is 0. The molecule has 0 heterocycles. The molecule has 1 fully saturated rings. The molecule has 1 rings (SSSR count). The molecule has 0 aromatic carbocycles. The summed E-state index contributed by atoms with van der Waals surface area (Å²) in [6, 6.07) is 0. The van der Waals surface area contributed by atoms with Crippen LogP contribution in [-0.4, -0.2) is 24.3 Å². The van der Waals surface area contributed by atoms with E-state index in [-0.39, 0.29) is 23.9 Å². The van der Waals surface area contributed by atoms with Gasteiger partial charge in [-0.3, -0.25) is 4.79 Å². The molecular weight excluding hydrogens is 252 g/mol. The molecule has 1 aliphatic rings. The van der Waals surface area contributed by atoms with Gasteiger partial charge in [0.05, 0.1) is 12.0 Å². The number of carbonyl (C=O) groups is 1. The molecule has 3 nitrogen and oxygen atoms in total. The van der Waals surface area contributed by atoms with Crippen LogP contribution >= 0.6 is 0 Å². The maximum atomic E-state index is 12.2. The number of ether oxygens (including phenoxy) is 2. The summed E-state index contributed by atoms with van der Waals surface area (Å²) in [5, 5.41) is 0. The van der Waals surface area contributed by atoms with Crippen LogP contribution in [0.15, 0.2) is 12.2 Å². The van der Waals surface area contributed by atoms with Crippen molar-refractivity contribution in [3.63, 3.8) is 0 Å². The van der Waals surface area contributed by atoms with Gasteiger partial charge in [-0.1, -0.05) is 25.5 Å². The zero-order chi connectivity index (χ0) is 15.3. The Labute approximate surface area is 123 Å². The second-order valence-corrected chi connectivity index (χ2v) is 6.92. The van der Waals surface area contributed by atoms with E-state index in [0.29, 0.717) is 0 Å². The van der Waals surface area contributed by atoms with E-state index < -0.39 is 5.60 Å². The molecule has 0 N–H and O–H groups in total. The highest BCUT2D eigenvalue weighted by atomic mass is 16.6. The zero-order valence-electron chi connectivity index (χ0n) is 13.7. The standard InChI is InChI=1S/C17H30O3/c1-7-8-9-19-15-11-13(10-14(15)12(2)3)16(18)20-17(4,5)6/h13-15H,2,7-11H2,1,3-6H3/t13-,14-,15-/m0/s1. The predicted molar refractivity (Wildman–Crippen MR) is 81.5 cm³/mol. The Hall–Kier alpha value is -0.830. The van der Waals surface area contributed by atoms with E-state index >= 15 is 0 Å². The molecule has 0 saturated heterocycles. The fourth-order valence-electron chi connectivity index (χ4n) is 2.66. The molecule has 116 valence electrons. The Morgan fingerprint density at radius 2 is 1.95 bits per heavy atom. The third kappa shape index (κ3) is 5.28. The van der Waals surface area contributed by atoms with Gasteiger partial charge in [0.2, 0.25) is 0 Å². The summed E-state index contributed by atoms with van der Waals surface area (Å²) in [4.78, 5) is 12.2. The molecule has 0 aromatic rings. The van der Waals surface area contributed by atoms with Crippen molar-refractivity contribution in [2.24, 2.45) is 11.8 Å². The molecule has 1 saturated carbocycles. The summed E-state index contributed by atoms with van der Waals surface area (Å²) in [5.74, 6) is 0.136. The monoisotopic (exact) mass is 282 g/mol. The van der Waals surface area contributed by atoms with Crippen molar-refractivity contribution in [2.75, 3.05) is 6.61 Å². The molecule has 0 radical (unpaired) electrons. The number of hydrogen-bond acceptors (Lipinski definition) is 3. The molecule has 0 unspecified atom stereocenters. The van der Waals surface area contributed by atoms with Crippen molar-refractivity contribution < 1.29 is 14.3 Å². The van der Waals surface area contributed by atoms with Crippen LogP contribution in [0.3, 0.4) is 0 Å². The molecule has 0 aromatic heterocycles. The van der Waals surface area contributed by atoms with Crippen molar-refractivity contribution >= 4 is 5.97 Å². The molecule has 0 spiro atoms. The molecule has 0 amide bonds. The summed E-state index contributed by atoms with van der Waals surface area (Å²) in [6.45, 7) is 14.7. The second kappa shape index (κ2) is 7.26. The summed E-state index contributed by atoms with van der Waals surface area (Å²) < 4.78 is 11.5. The van der Waals surface area contributed by atoms with Crippen LogP contribution in [0.25, 0.3) is 0 Å². The summed E-state index contributed by atoms with van der Waals surface area (Å²) in [5.41, 5.74) is 0.689. The van der Waals surface area contributed by atoms with Gasteiger partial charge in [0.15, 0.2) is 0 Å². The maximum absolute atomic E-state index is 12.2. The maximum Gasteiger partial charge on any atom is 0.309 e. The minimum absolute atomic E-state index is 0.0532. The smallest absolute Gasteiger partial charge is 0.309 e. The third-order valence-electron chi connectivity index (χ3n) is 3.71. The summed E-state index contributed by atoms with van der Waals surface area (Å²) in [7, 11) is 0. The Balaban J connectivity index is 2.60. The number of esters is 1. The molecule has 0 aliphatic heterocycles. The van der Waals surface area contributed by atoms with Crippen LogP contribution < -0.4 is 0 Å². The van der Waals surface area contributed by atoms with Crippen LogP contribution in [0.1, 0.15) is 60.3 Å². The highest BCUT2D eigenvalue weighted by Gasteiger charge is 2.40. The summed E-state index contributed by atoms with van der Waals surface area (Å²) in [6.07, 6.45) is 3.88. The van der Waals surface area contributed by atoms with Gasteiger partial charge in [-0.2, -0.15) is 0 Å². The number of hydrogen-bond donors (Lipinski definition) is 0. The molecular formula is C17H30O3. The van der Waals surface area contributed by atoms with E-state index in [2.05, 4.69) is 13.5 Å².